The second-order valence-corrected chi connectivity index (χ2v) is 10.4. The largest absolute Gasteiger partial charge is 0.493 e. The lowest BCUT2D eigenvalue weighted by molar-refractivity contribution is 0.354. The van der Waals surface area contributed by atoms with Crippen LogP contribution in [0.3, 0.4) is 0 Å². The van der Waals surface area contributed by atoms with Crippen LogP contribution in [0.2, 0.25) is 5.02 Å². The fourth-order valence-electron chi connectivity index (χ4n) is 4.07. The predicted molar refractivity (Wildman–Crippen MR) is 147 cm³/mol. The molecule has 1 aromatic heterocycles. The number of hydrogen-bond donors (Lipinski definition) is 2. The molecule has 0 aliphatic heterocycles. The van der Waals surface area contributed by atoms with E-state index in [1.807, 2.05) is 12.1 Å². The molecule has 3 aromatic carbocycles. The number of ether oxygens (including phenoxy) is 2. The predicted octanol–water partition coefficient (Wildman–Crippen LogP) is 7.01. The molecule has 0 spiro atoms. The maximum atomic E-state index is 15.2. The summed E-state index contributed by atoms with van der Waals surface area (Å²) in [5.41, 5.74) is 3.51. The molecule has 4 rings (SSSR count). The lowest BCUT2D eigenvalue weighted by Crippen LogP contribution is -2.15. The molecular weight excluding hydrogens is 532 g/mol. The van der Waals surface area contributed by atoms with E-state index in [1.165, 1.54) is 18.2 Å². The van der Waals surface area contributed by atoms with Gasteiger partial charge < -0.3 is 14.8 Å². The van der Waals surface area contributed by atoms with Crippen molar-refractivity contribution in [3.8, 4) is 11.5 Å². The number of rotatable bonds is 10. The van der Waals surface area contributed by atoms with Crippen LogP contribution in [-0.2, 0) is 17.3 Å². The van der Waals surface area contributed by atoms with Crippen molar-refractivity contribution >= 4 is 33.9 Å². The second-order valence-electron chi connectivity index (χ2n) is 8.40. The highest BCUT2D eigenvalue weighted by Crippen LogP contribution is 2.40. The Morgan fingerprint density at radius 1 is 1.03 bits per heavy atom. The standard InChI is InChI=1S/C28H26ClF2N3O3S/c1-17-15-32-26(33-16-18-7-12-24(36-2)25(13-18)37-3)14-21(17)28(27-22(30)5-4-6-23(27)34-31)38(35)20-10-8-19(29)9-11-20/h4-15,28,34H,16H2,1-3H3,(H,32,33). The molecule has 1 heterocycles. The quantitative estimate of drug-likeness (QED) is 0.204. The van der Waals surface area contributed by atoms with Crippen molar-refractivity contribution in [3.63, 3.8) is 0 Å². The van der Waals surface area contributed by atoms with Gasteiger partial charge in [0.05, 0.1) is 36.0 Å². The SMILES string of the molecule is COc1ccc(CNc2cc(C(c3c(F)cccc3NF)S(=O)c3ccc(Cl)cc3)c(C)cn2)cc1OC. The minimum Gasteiger partial charge on any atom is -0.493 e. The first-order chi connectivity index (χ1) is 18.4. The summed E-state index contributed by atoms with van der Waals surface area (Å²) in [7, 11) is 1.32. The fraction of sp³-hybridized carbons (Fsp3) is 0.179. The van der Waals surface area contributed by atoms with Gasteiger partial charge in [0.2, 0.25) is 0 Å². The summed E-state index contributed by atoms with van der Waals surface area (Å²) in [6.45, 7) is 2.19. The summed E-state index contributed by atoms with van der Waals surface area (Å²) in [6, 6.07) is 17.7. The van der Waals surface area contributed by atoms with Crippen LogP contribution in [0.1, 0.15) is 27.5 Å². The van der Waals surface area contributed by atoms with Crippen molar-refractivity contribution in [2.75, 3.05) is 25.1 Å². The highest BCUT2D eigenvalue weighted by molar-refractivity contribution is 7.85. The third kappa shape index (κ3) is 5.89. The lowest BCUT2D eigenvalue weighted by Gasteiger charge is -2.23. The summed E-state index contributed by atoms with van der Waals surface area (Å²) in [6.07, 6.45) is 1.61. The zero-order chi connectivity index (χ0) is 27.2. The molecule has 4 aromatic rings. The molecule has 0 amide bonds. The summed E-state index contributed by atoms with van der Waals surface area (Å²) in [5.74, 6) is 0.996. The first-order valence-corrected chi connectivity index (χ1v) is 13.2. The molecule has 198 valence electrons. The van der Waals surface area contributed by atoms with Gasteiger partial charge in [0.15, 0.2) is 11.5 Å². The zero-order valence-electron chi connectivity index (χ0n) is 20.9. The van der Waals surface area contributed by atoms with Crippen molar-refractivity contribution in [1.82, 2.24) is 4.98 Å². The monoisotopic (exact) mass is 557 g/mol. The molecule has 2 N–H and O–H groups in total. The Balaban J connectivity index is 1.75. The van der Waals surface area contributed by atoms with Crippen molar-refractivity contribution in [2.45, 2.75) is 23.6 Å². The van der Waals surface area contributed by atoms with Crippen LogP contribution < -0.4 is 20.3 Å². The van der Waals surface area contributed by atoms with Crippen LogP contribution in [0.5, 0.6) is 11.5 Å². The van der Waals surface area contributed by atoms with Gasteiger partial charge in [-0.1, -0.05) is 23.7 Å². The number of anilines is 2. The van der Waals surface area contributed by atoms with Crippen molar-refractivity contribution in [1.29, 1.82) is 0 Å². The number of hydrogen-bond acceptors (Lipinski definition) is 6. The van der Waals surface area contributed by atoms with E-state index >= 15 is 4.39 Å². The Kier molecular flexibility index (Phi) is 8.81. The maximum absolute atomic E-state index is 15.2. The summed E-state index contributed by atoms with van der Waals surface area (Å²) < 4.78 is 53.6. The Morgan fingerprint density at radius 2 is 1.76 bits per heavy atom. The van der Waals surface area contributed by atoms with Gasteiger partial charge in [-0.15, -0.1) is 4.48 Å². The van der Waals surface area contributed by atoms with Gasteiger partial charge in [0.25, 0.3) is 0 Å². The number of nitrogens with zero attached hydrogens (tertiary/aromatic N) is 1. The highest BCUT2D eigenvalue weighted by atomic mass is 35.5. The number of pyridine rings is 1. The third-order valence-corrected chi connectivity index (χ3v) is 7.93. The van der Waals surface area contributed by atoms with E-state index in [0.717, 1.165) is 5.56 Å². The lowest BCUT2D eigenvalue weighted by atomic mass is 9.99. The van der Waals surface area contributed by atoms with Gasteiger partial charge in [-0.05, 0) is 78.2 Å². The number of benzene rings is 3. The summed E-state index contributed by atoms with van der Waals surface area (Å²) in [5, 5.41) is 2.68. The topological polar surface area (TPSA) is 72.5 Å². The first-order valence-electron chi connectivity index (χ1n) is 11.6. The minimum atomic E-state index is -1.81. The van der Waals surface area contributed by atoms with E-state index in [0.29, 0.717) is 44.9 Å². The van der Waals surface area contributed by atoms with Crippen LogP contribution in [0.25, 0.3) is 0 Å². The molecule has 2 unspecified atom stereocenters. The summed E-state index contributed by atoms with van der Waals surface area (Å²) in [4.78, 5) is 4.87. The van der Waals surface area contributed by atoms with E-state index in [9.17, 15) is 8.69 Å². The molecule has 38 heavy (non-hydrogen) atoms. The van der Waals surface area contributed by atoms with Crippen molar-refractivity contribution < 1.29 is 22.6 Å². The van der Waals surface area contributed by atoms with Gasteiger partial charge in [0, 0.05) is 28.2 Å². The van der Waals surface area contributed by atoms with Crippen LogP contribution in [0.15, 0.2) is 77.8 Å². The summed E-state index contributed by atoms with van der Waals surface area (Å²) >= 11 is 6.02. The van der Waals surface area contributed by atoms with Gasteiger partial charge in [-0.2, -0.15) is 0 Å². The Hall–Kier alpha value is -3.69. The van der Waals surface area contributed by atoms with E-state index in [-0.39, 0.29) is 11.3 Å². The molecule has 0 fully saturated rings. The van der Waals surface area contributed by atoms with Crippen molar-refractivity contribution in [3.05, 3.63) is 106 Å². The molecule has 10 heteroatoms. The van der Waals surface area contributed by atoms with Gasteiger partial charge in [0.1, 0.15) is 11.6 Å². The van der Waals surface area contributed by atoms with Gasteiger partial charge in [-0.25, -0.2) is 14.9 Å². The molecule has 2 atom stereocenters. The van der Waals surface area contributed by atoms with E-state index < -0.39 is 21.9 Å². The van der Waals surface area contributed by atoms with Crippen LogP contribution in [0.4, 0.5) is 20.4 Å². The average molecular weight is 558 g/mol. The minimum absolute atomic E-state index is 0.0524. The Morgan fingerprint density at radius 3 is 2.45 bits per heavy atom. The Bertz CT molecular complexity index is 1450. The molecule has 0 aliphatic rings. The maximum Gasteiger partial charge on any atom is 0.161 e. The van der Waals surface area contributed by atoms with E-state index in [4.69, 9.17) is 21.1 Å². The Labute approximate surface area is 227 Å². The van der Waals surface area contributed by atoms with E-state index in [2.05, 4.69) is 10.3 Å². The number of halogens is 3. The first kappa shape index (κ1) is 27.3. The normalized spacial score (nSPS) is 12.5. The molecular formula is C28H26ClF2N3O3S. The van der Waals surface area contributed by atoms with Gasteiger partial charge >= 0.3 is 0 Å². The average Bonchev–Trinajstić information content (AvgIpc) is 2.94. The number of aromatic nitrogens is 1. The fourth-order valence-corrected chi connectivity index (χ4v) is 5.81. The van der Waals surface area contributed by atoms with Crippen LogP contribution in [-0.4, -0.2) is 23.4 Å². The number of nitrogens with one attached hydrogen (secondary N) is 2. The van der Waals surface area contributed by atoms with E-state index in [1.54, 1.807) is 69.3 Å². The van der Waals surface area contributed by atoms with Crippen LogP contribution >= 0.6 is 11.6 Å². The number of aryl methyl sites for hydroxylation is 1. The molecule has 0 radical (unpaired) electrons. The molecule has 0 saturated carbocycles. The zero-order valence-corrected chi connectivity index (χ0v) is 22.5. The van der Waals surface area contributed by atoms with Gasteiger partial charge in [-0.3, -0.25) is 4.21 Å². The molecule has 0 aliphatic carbocycles. The van der Waals surface area contributed by atoms with Crippen LogP contribution in [0, 0.1) is 12.7 Å². The molecule has 0 saturated heterocycles. The number of methoxy groups -OCH3 is 2. The smallest absolute Gasteiger partial charge is 0.161 e. The third-order valence-electron chi connectivity index (χ3n) is 6.03. The molecule has 6 nitrogen and oxygen atoms in total. The molecule has 0 bridgehead atoms. The second kappa shape index (κ2) is 12.2. The van der Waals surface area contributed by atoms with Crippen molar-refractivity contribution in [2.24, 2.45) is 0 Å². The highest BCUT2D eigenvalue weighted by Gasteiger charge is 2.30.